The molecule has 160 valence electrons. The molecular weight excluding hydrogens is 388 g/mol. The van der Waals surface area contributed by atoms with Gasteiger partial charge in [0.2, 0.25) is 0 Å². The van der Waals surface area contributed by atoms with Crippen LogP contribution in [0.4, 0.5) is 0 Å². The van der Waals surface area contributed by atoms with Crippen molar-refractivity contribution in [2.24, 2.45) is 22.5 Å². The third-order valence-electron chi connectivity index (χ3n) is 7.02. The lowest BCUT2D eigenvalue weighted by Gasteiger charge is -2.65. The molecule has 4 aliphatic rings. The molecule has 0 aliphatic heterocycles. The molecule has 5 rings (SSSR count). The van der Waals surface area contributed by atoms with Gasteiger partial charge in [0.05, 0.1) is 11.6 Å². The van der Waals surface area contributed by atoms with Crippen molar-refractivity contribution in [3.63, 3.8) is 0 Å². The quantitative estimate of drug-likeness (QED) is 0.651. The Bertz CT molecular complexity index is 794. The Kier molecular flexibility index (Phi) is 5.27. The fraction of sp³-hybridized carbons (Fsp3) is 0.696. The number of rotatable bonds is 8. The van der Waals surface area contributed by atoms with Crippen molar-refractivity contribution in [1.82, 2.24) is 5.32 Å². The Labute approximate surface area is 178 Å². The van der Waals surface area contributed by atoms with Crippen molar-refractivity contribution >= 4 is 17.5 Å². The van der Waals surface area contributed by atoms with Gasteiger partial charge in [-0.05, 0) is 79.9 Å². The van der Waals surface area contributed by atoms with Crippen molar-refractivity contribution in [2.45, 2.75) is 71.4 Å². The standard InChI is InChI=1S/C23H33ClN2O3/c1-4-28-18-6-15(5-17(24)20(18)29-11-19(25)27)10-26-23-9-16-7-21(2,13-23)12-22(3,8-16)14-23/h5-6,16,26H,4,7-14H2,1-3H3,(H2,25,27)/t16?,21-,22+,23?. The van der Waals surface area contributed by atoms with Gasteiger partial charge in [-0.2, -0.15) is 0 Å². The molecule has 6 heteroatoms. The monoisotopic (exact) mass is 420 g/mol. The largest absolute Gasteiger partial charge is 0.490 e. The summed E-state index contributed by atoms with van der Waals surface area (Å²) in [5.41, 5.74) is 7.44. The van der Waals surface area contributed by atoms with Crippen LogP contribution in [0.15, 0.2) is 12.1 Å². The van der Waals surface area contributed by atoms with Crippen LogP contribution < -0.4 is 20.5 Å². The van der Waals surface area contributed by atoms with Crippen molar-refractivity contribution in [1.29, 1.82) is 0 Å². The van der Waals surface area contributed by atoms with Crippen LogP contribution >= 0.6 is 11.6 Å². The Morgan fingerprint density at radius 3 is 2.45 bits per heavy atom. The summed E-state index contributed by atoms with van der Waals surface area (Å²) in [4.78, 5) is 11.1. The molecule has 4 bridgehead atoms. The van der Waals surface area contributed by atoms with Crippen LogP contribution in [0, 0.1) is 16.7 Å². The number of halogens is 1. The zero-order valence-electron chi connectivity index (χ0n) is 17.8. The number of carbonyl (C=O) groups excluding carboxylic acids is 1. The van der Waals surface area contributed by atoms with E-state index < -0.39 is 5.91 Å². The molecule has 2 unspecified atom stereocenters. The molecule has 0 heterocycles. The molecule has 29 heavy (non-hydrogen) atoms. The normalized spacial score (nSPS) is 35.0. The lowest BCUT2D eigenvalue weighted by Crippen LogP contribution is -2.63. The first-order chi connectivity index (χ1) is 13.6. The average Bonchev–Trinajstić information content (AvgIpc) is 2.56. The minimum Gasteiger partial charge on any atom is -0.490 e. The van der Waals surface area contributed by atoms with E-state index in [1.54, 1.807) is 0 Å². The molecule has 1 aromatic rings. The number of amides is 1. The molecule has 0 saturated heterocycles. The maximum absolute atomic E-state index is 11.1. The fourth-order valence-corrected chi connectivity index (χ4v) is 7.49. The number of nitrogens with one attached hydrogen (secondary N) is 1. The Morgan fingerprint density at radius 1 is 1.17 bits per heavy atom. The second kappa shape index (κ2) is 7.35. The second-order valence-corrected chi connectivity index (χ2v) is 10.8. The lowest BCUT2D eigenvalue weighted by atomic mass is 9.43. The predicted octanol–water partition coefficient (Wildman–Crippen LogP) is 4.44. The highest BCUT2D eigenvalue weighted by atomic mass is 35.5. The SMILES string of the molecule is CCOc1cc(CNC23CC4C[C@@](C)(C2)C[C@](C)(C4)C3)cc(Cl)c1OCC(N)=O. The van der Waals surface area contributed by atoms with Crippen LogP contribution in [0.3, 0.4) is 0 Å². The van der Waals surface area contributed by atoms with E-state index in [2.05, 4.69) is 19.2 Å². The minimum atomic E-state index is -0.543. The Morgan fingerprint density at radius 2 is 1.86 bits per heavy atom. The van der Waals surface area contributed by atoms with Gasteiger partial charge >= 0.3 is 0 Å². The van der Waals surface area contributed by atoms with Crippen LogP contribution in [-0.2, 0) is 11.3 Å². The van der Waals surface area contributed by atoms with Crippen molar-refractivity contribution in [3.05, 3.63) is 22.7 Å². The molecule has 4 aliphatic carbocycles. The van der Waals surface area contributed by atoms with Crippen LogP contribution in [0.2, 0.25) is 5.02 Å². The molecule has 1 aromatic carbocycles. The maximum atomic E-state index is 11.1. The predicted molar refractivity (Wildman–Crippen MR) is 114 cm³/mol. The van der Waals surface area contributed by atoms with E-state index in [-0.39, 0.29) is 12.1 Å². The van der Waals surface area contributed by atoms with E-state index in [1.165, 1.54) is 38.5 Å². The molecule has 5 nitrogen and oxygen atoms in total. The van der Waals surface area contributed by atoms with Gasteiger partial charge in [0.1, 0.15) is 0 Å². The summed E-state index contributed by atoms with van der Waals surface area (Å²) in [5, 5.41) is 4.37. The highest BCUT2D eigenvalue weighted by Gasteiger charge is 2.59. The van der Waals surface area contributed by atoms with Gasteiger partial charge in [0.25, 0.3) is 5.91 Å². The van der Waals surface area contributed by atoms with E-state index in [0.717, 1.165) is 18.0 Å². The van der Waals surface area contributed by atoms with E-state index in [9.17, 15) is 4.79 Å². The number of hydrogen-bond donors (Lipinski definition) is 2. The summed E-state index contributed by atoms with van der Waals surface area (Å²) in [5.74, 6) is 1.24. The van der Waals surface area contributed by atoms with Gasteiger partial charge in [-0.1, -0.05) is 25.4 Å². The van der Waals surface area contributed by atoms with Crippen molar-refractivity contribution in [2.75, 3.05) is 13.2 Å². The number of carbonyl (C=O) groups is 1. The van der Waals surface area contributed by atoms with Crippen LogP contribution in [-0.4, -0.2) is 24.7 Å². The molecule has 3 N–H and O–H groups in total. The number of benzene rings is 1. The number of ether oxygens (including phenoxy) is 2. The van der Waals surface area contributed by atoms with E-state index in [4.69, 9.17) is 26.8 Å². The first-order valence-corrected chi connectivity index (χ1v) is 11.1. The van der Waals surface area contributed by atoms with Crippen LogP contribution in [0.5, 0.6) is 11.5 Å². The van der Waals surface area contributed by atoms with Gasteiger partial charge in [-0.25, -0.2) is 0 Å². The molecule has 0 spiro atoms. The zero-order valence-corrected chi connectivity index (χ0v) is 18.5. The summed E-state index contributed by atoms with van der Waals surface area (Å²) < 4.78 is 11.2. The average molecular weight is 421 g/mol. The molecule has 4 fully saturated rings. The lowest BCUT2D eigenvalue weighted by molar-refractivity contribution is -0.120. The van der Waals surface area contributed by atoms with Crippen molar-refractivity contribution < 1.29 is 14.3 Å². The summed E-state index contributed by atoms with van der Waals surface area (Å²) >= 11 is 6.47. The van der Waals surface area contributed by atoms with Gasteiger partial charge in [0.15, 0.2) is 18.1 Å². The first-order valence-electron chi connectivity index (χ1n) is 10.7. The van der Waals surface area contributed by atoms with Gasteiger partial charge < -0.3 is 20.5 Å². The number of nitrogens with two attached hydrogens (primary N) is 1. The Hall–Kier alpha value is -1.46. The van der Waals surface area contributed by atoms with Gasteiger partial charge in [-0.3, -0.25) is 4.79 Å². The molecule has 0 aromatic heterocycles. The fourth-order valence-electron chi connectivity index (χ4n) is 7.20. The summed E-state index contributed by atoms with van der Waals surface area (Å²) in [7, 11) is 0. The van der Waals surface area contributed by atoms with E-state index in [0.29, 0.717) is 34.0 Å². The van der Waals surface area contributed by atoms with E-state index >= 15 is 0 Å². The Balaban J connectivity index is 1.52. The highest BCUT2D eigenvalue weighted by Crippen LogP contribution is 2.66. The van der Waals surface area contributed by atoms with E-state index in [1.807, 2.05) is 19.1 Å². The van der Waals surface area contributed by atoms with Gasteiger partial charge in [0, 0.05) is 12.1 Å². The molecule has 1 amide bonds. The smallest absolute Gasteiger partial charge is 0.255 e. The second-order valence-electron chi connectivity index (χ2n) is 10.4. The molecule has 4 saturated carbocycles. The van der Waals surface area contributed by atoms with Crippen LogP contribution in [0.1, 0.15) is 64.9 Å². The minimum absolute atomic E-state index is 0.223. The maximum Gasteiger partial charge on any atom is 0.255 e. The van der Waals surface area contributed by atoms with Crippen LogP contribution in [0.25, 0.3) is 0 Å². The molecule has 4 atom stereocenters. The number of hydrogen-bond acceptors (Lipinski definition) is 4. The topological polar surface area (TPSA) is 73.6 Å². The number of primary amides is 1. The van der Waals surface area contributed by atoms with Gasteiger partial charge in [-0.15, -0.1) is 0 Å². The third kappa shape index (κ3) is 4.22. The summed E-state index contributed by atoms with van der Waals surface area (Å²) in [6, 6.07) is 3.86. The summed E-state index contributed by atoms with van der Waals surface area (Å²) in [6.45, 7) is 7.89. The van der Waals surface area contributed by atoms with Crippen molar-refractivity contribution in [3.8, 4) is 11.5 Å². The molecular formula is C23H33ClN2O3. The first kappa shape index (κ1) is 20.8. The summed E-state index contributed by atoms with van der Waals surface area (Å²) in [6.07, 6.45) is 7.95. The molecule has 0 radical (unpaired) electrons. The third-order valence-corrected chi connectivity index (χ3v) is 7.30. The zero-order chi connectivity index (χ0) is 20.9. The highest BCUT2D eigenvalue weighted by molar-refractivity contribution is 6.32.